The molecule has 142 valence electrons. The molecule has 0 aliphatic carbocycles. The van der Waals surface area contributed by atoms with Crippen LogP contribution in [0.15, 0.2) is 39.9 Å². The van der Waals surface area contributed by atoms with E-state index in [9.17, 15) is 4.39 Å². The lowest BCUT2D eigenvalue weighted by Crippen LogP contribution is -2.40. The van der Waals surface area contributed by atoms with Crippen LogP contribution in [0.5, 0.6) is 0 Å². The second kappa shape index (κ2) is 9.33. The highest BCUT2D eigenvalue weighted by Gasteiger charge is 2.15. The van der Waals surface area contributed by atoms with Crippen LogP contribution < -0.4 is 10.6 Å². The number of oxazole rings is 1. The fraction of sp³-hybridized carbons (Fsp3) is 0.474. The van der Waals surface area contributed by atoms with E-state index in [1.165, 1.54) is 12.1 Å². The number of aromatic nitrogens is 1. The van der Waals surface area contributed by atoms with Crippen LogP contribution in [0.3, 0.4) is 0 Å². The van der Waals surface area contributed by atoms with Gasteiger partial charge in [-0.3, -0.25) is 4.99 Å². The normalized spacial score (nSPS) is 12.3. The quantitative estimate of drug-likeness (QED) is 0.558. The van der Waals surface area contributed by atoms with Crippen molar-refractivity contribution in [3.05, 3.63) is 42.0 Å². The summed E-state index contributed by atoms with van der Waals surface area (Å²) in [6, 6.07) is 6.08. The van der Waals surface area contributed by atoms with E-state index in [2.05, 4.69) is 20.6 Å². The molecule has 1 aromatic heterocycles. The van der Waals surface area contributed by atoms with Crippen LogP contribution in [0.2, 0.25) is 0 Å². The van der Waals surface area contributed by atoms with Crippen molar-refractivity contribution in [2.75, 3.05) is 26.7 Å². The molecule has 0 aliphatic heterocycles. The van der Waals surface area contributed by atoms with Crippen LogP contribution in [0.4, 0.5) is 4.39 Å². The van der Waals surface area contributed by atoms with Gasteiger partial charge in [0.1, 0.15) is 12.1 Å². The molecule has 26 heavy (non-hydrogen) atoms. The highest BCUT2D eigenvalue weighted by Crippen LogP contribution is 2.18. The van der Waals surface area contributed by atoms with Gasteiger partial charge in [0.15, 0.2) is 5.96 Å². The van der Waals surface area contributed by atoms with E-state index in [1.807, 2.05) is 20.8 Å². The van der Waals surface area contributed by atoms with Gasteiger partial charge in [-0.1, -0.05) is 0 Å². The smallest absolute Gasteiger partial charge is 0.226 e. The number of ether oxygens (including phenoxy) is 1. The van der Waals surface area contributed by atoms with E-state index in [0.717, 1.165) is 23.8 Å². The standard InChI is InChI=1S/C19H27FN4O2/c1-5-21-18(23-13-19(2,3)25-4)22-11-10-16-12-26-17(24-16)14-6-8-15(20)9-7-14/h6-9,12H,5,10-11,13H2,1-4H3,(H2,21,22,23). The number of benzene rings is 1. The van der Waals surface area contributed by atoms with Crippen molar-refractivity contribution in [3.8, 4) is 11.5 Å². The number of hydrogen-bond acceptors (Lipinski definition) is 4. The molecule has 1 aromatic carbocycles. The Morgan fingerprint density at radius 2 is 2.00 bits per heavy atom. The third kappa shape index (κ3) is 6.15. The molecule has 0 amide bonds. The maximum Gasteiger partial charge on any atom is 0.226 e. The Hall–Kier alpha value is -2.41. The van der Waals surface area contributed by atoms with Crippen LogP contribution in [-0.2, 0) is 11.2 Å². The molecular formula is C19H27FN4O2. The fourth-order valence-electron chi connectivity index (χ4n) is 2.13. The number of hydrogen-bond donors (Lipinski definition) is 2. The lowest BCUT2D eigenvalue weighted by molar-refractivity contribution is 0.0310. The minimum atomic E-state index is -0.307. The van der Waals surface area contributed by atoms with Crippen LogP contribution in [0.25, 0.3) is 11.5 Å². The van der Waals surface area contributed by atoms with Gasteiger partial charge >= 0.3 is 0 Å². The summed E-state index contributed by atoms with van der Waals surface area (Å²) in [5, 5.41) is 6.48. The number of rotatable bonds is 8. The minimum Gasteiger partial charge on any atom is -0.444 e. The molecule has 1 heterocycles. The molecule has 0 fully saturated rings. The molecule has 6 nitrogen and oxygen atoms in total. The van der Waals surface area contributed by atoms with E-state index in [1.54, 1.807) is 25.5 Å². The molecule has 0 bridgehead atoms. The summed E-state index contributed by atoms with van der Waals surface area (Å²) in [6.07, 6.45) is 2.31. The van der Waals surface area contributed by atoms with Gasteiger partial charge in [-0.2, -0.15) is 0 Å². The fourth-order valence-corrected chi connectivity index (χ4v) is 2.13. The van der Waals surface area contributed by atoms with Gasteiger partial charge in [0.05, 0.1) is 17.8 Å². The summed E-state index contributed by atoms with van der Waals surface area (Å²) >= 11 is 0. The molecule has 0 radical (unpaired) electrons. The number of guanidine groups is 1. The van der Waals surface area contributed by atoms with Gasteiger partial charge in [-0.25, -0.2) is 9.37 Å². The first-order valence-corrected chi connectivity index (χ1v) is 8.71. The van der Waals surface area contributed by atoms with Crippen molar-refractivity contribution in [1.29, 1.82) is 0 Å². The first kappa shape index (κ1) is 19.9. The lowest BCUT2D eigenvalue weighted by atomic mass is 10.1. The van der Waals surface area contributed by atoms with E-state index < -0.39 is 0 Å². The number of methoxy groups -OCH3 is 1. The molecule has 2 aromatic rings. The van der Waals surface area contributed by atoms with Crippen molar-refractivity contribution in [2.45, 2.75) is 32.8 Å². The summed E-state index contributed by atoms with van der Waals surface area (Å²) < 4.78 is 23.8. The van der Waals surface area contributed by atoms with Gasteiger partial charge in [-0.05, 0) is 45.0 Å². The van der Waals surface area contributed by atoms with E-state index in [-0.39, 0.29) is 11.4 Å². The van der Waals surface area contributed by atoms with E-state index >= 15 is 0 Å². The Kier molecular flexibility index (Phi) is 7.15. The maximum absolute atomic E-state index is 13.0. The Labute approximate surface area is 153 Å². The second-order valence-corrected chi connectivity index (χ2v) is 6.49. The van der Waals surface area contributed by atoms with E-state index in [0.29, 0.717) is 25.4 Å². The van der Waals surface area contributed by atoms with Gasteiger partial charge in [-0.15, -0.1) is 0 Å². The third-order valence-electron chi connectivity index (χ3n) is 3.83. The Balaban J connectivity index is 1.89. The first-order chi connectivity index (χ1) is 12.4. The average Bonchev–Trinajstić information content (AvgIpc) is 3.09. The monoisotopic (exact) mass is 362 g/mol. The number of halogens is 1. The molecule has 0 saturated carbocycles. The predicted molar refractivity (Wildman–Crippen MR) is 101 cm³/mol. The highest BCUT2D eigenvalue weighted by molar-refractivity contribution is 5.79. The van der Waals surface area contributed by atoms with Crippen LogP contribution >= 0.6 is 0 Å². The van der Waals surface area contributed by atoms with Crippen LogP contribution in [0.1, 0.15) is 26.5 Å². The molecule has 2 N–H and O–H groups in total. The highest BCUT2D eigenvalue weighted by atomic mass is 19.1. The number of aliphatic imine (C=N–C) groups is 1. The van der Waals surface area contributed by atoms with Crippen molar-refractivity contribution in [1.82, 2.24) is 15.6 Å². The lowest BCUT2D eigenvalue weighted by Gasteiger charge is -2.21. The van der Waals surface area contributed by atoms with Crippen molar-refractivity contribution in [2.24, 2.45) is 4.99 Å². The molecular weight excluding hydrogens is 335 g/mol. The predicted octanol–water partition coefficient (Wildman–Crippen LogP) is 3.00. The SMILES string of the molecule is CCNC(=NCC(C)(C)OC)NCCc1coc(-c2ccc(F)cc2)n1. The molecule has 2 rings (SSSR count). The Morgan fingerprint density at radius 3 is 2.65 bits per heavy atom. The average molecular weight is 362 g/mol. The van der Waals surface area contributed by atoms with E-state index in [4.69, 9.17) is 9.15 Å². The molecule has 0 spiro atoms. The van der Waals surface area contributed by atoms with Crippen LogP contribution in [0, 0.1) is 5.82 Å². The molecule has 7 heteroatoms. The third-order valence-corrected chi connectivity index (χ3v) is 3.83. The zero-order chi connectivity index (χ0) is 19.0. The molecule has 0 aliphatic rings. The first-order valence-electron chi connectivity index (χ1n) is 8.71. The summed E-state index contributed by atoms with van der Waals surface area (Å²) in [5.74, 6) is 0.943. The molecule has 0 unspecified atom stereocenters. The van der Waals surface area contributed by atoms with Gasteiger partial charge in [0, 0.05) is 32.2 Å². The molecule has 0 saturated heterocycles. The van der Waals surface area contributed by atoms with Crippen molar-refractivity contribution >= 4 is 5.96 Å². The minimum absolute atomic E-state index is 0.281. The second-order valence-electron chi connectivity index (χ2n) is 6.49. The number of nitrogens with one attached hydrogen (secondary N) is 2. The zero-order valence-electron chi connectivity index (χ0n) is 15.8. The number of nitrogens with zero attached hydrogens (tertiary/aromatic N) is 2. The topological polar surface area (TPSA) is 71.7 Å². The Morgan fingerprint density at radius 1 is 1.27 bits per heavy atom. The summed E-state index contributed by atoms with van der Waals surface area (Å²) in [7, 11) is 1.68. The summed E-state index contributed by atoms with van der Waals surface area (Å²) in [5.41, 5.74) is 1.27. The van der Waals surface area contributed by atoms with Crippen molar-refractivity contribution in [3.63, 3.8) is 0 Å². The van der Waals surface area contributed by atoms with Crippen molar-refractivity contribution < 1.29 is 13.5 Å². The van der Waals surface area contributed by atoms with Crippen LogP contribution in [-0.4, -0.2) is 43.3 Å². The van der Waals surface area contributed by atoms with Gasteiger partial charge < -0.3 is 19.8 Å². The zero-order valence-corrected chi connectivity index (χ0v) is 15.8. The summed E-state index contributed by atoms with van der Waals surface area (Å²) in [4.78, 5) is 8.98. The molecule has 0 atom stereocenters. The summed E-state index contributed by atoms with van der Waals surface area (Å²) in [6.45, 7) is 7.99. The van der Waals surface area contributed by atoms with Gasteiger partial charge in [0.2, 0.25) is 5.89 Å². The maximum atomic E-state index is 13.0. The largest absolute Gasteiger partial charge is 0.444 e. The Bertz CT molecular complexity index is 711. The van der Waals surface area contributed by atoms with Gasteiger partial charge in [0.25, 0.3) is 0 Å².